The second kappa shape index (κ2) is 4.87. The molecule has 1 heterocycles. The smallest absolute Gasteiger partial charge is 0.336 e. The lowest BCUT2D eigenvalue weighted by molar-refractivity contribution is 0.337. The van der Waals surface area contributed by atoms with Crippen LogP contribution in [0.25, 0.3) is 11.0 Å². The second-order valence-corrected chi connectivity index (χ2v) is 3.64. The maximum absolute atomic E-state index is 11.3. The molecule has 17 heavy (non-hydrogen) atoms. The molecule has 0 radical (unpaired) electrons. The zero-order valence-corrected chi connectivity index (χ0v) is 9.73. The molecule has 2 aromatic rings. The molecule has 1 aromatic carbocycles. The quantitative estimate of drug-likeness (QED) is 0.599. The van der Waals surface area contributed by atoms with Gasteiger partial charge in [0.2, 0.25) is 0 Å². The third-order valence-electron chi connectivity index (χ3n) is 2.50. The van der Waals surface area contributed by atoms with Crippen molar-refractivity contribution in [1.82, 2.24) is 0 Å². The Morgan fingerprint density at radius 2 is 2.12 bits per heavy atom. The van der Waals surface area contributed by atoms with E-state index >= 15 is 0 Å². The maximum atomic E-state index is 11.3. The molecule has 0 saturated heterocycles. The van der Waals surface area contributed by atoms with Crippen LogP contribution in [0.4, 0.5) is 0 Å². The van der Waals surface area contributed by atoms with Crippen molar-refractivity contribution in [2.45, 2.75) is 13.3 Å². The minimum absolute atomic E-state index is 0.350. The van der Waals surface area contributed by atoms with E-state index in [1.807, 2.05) is 19.1 Å². The van der Waals surface area contributed by atoms with Crippen molar-refractivity contribution in [2.24, 2.45) is 0 Å². The van der Waals surface area contributed by atoms with E-state index in [2.05, 4.69) is 6.58 Å². The summed E-state index contributed by atoms with van der Waals surface area (Å²) in [6.45, 7) is 6.21. The van der Waals surface area contributed by atoms with Crippen LogP contribution in [0.15, 0.2) is 46.1 Å². The van der Waals surface area contributed by atoms with Crippen LogP contribution in [0.2, 0.25) is 0 Å². The highest BCUT2D eigenvalue weighted by molar-refractivity contribution is 5.82. The van der Waals surface area contributed by atoms with Crippen LogP contribution in [0.3, 0.4) is 0 Å². The lowest BCUT2D eigenvalue weighted by Gasteiger charge is -2.10. The molecule has 2 rings (SSSR count). The number of hydrogen-bond acceptors (Lipinski definition) is 3. The zero-order chi connectivity index (χ0) is 12.3. The van der Waals surface area contributed by atoms with Crippen molar-refractivity contribution in [1.29, 1.82) is 0 Å². The maximum Gasteiger partial charge on any atom is 0.336 e. The van der Waals surface area contributed by atoms with Gasteiger partial charge in [-0.2, -0.15) is 0 Å². The first-order valence-corrected chi connectivity index (χ1v) is 5.55. The van der Waals surface area contributed by atoms with Gasteiger partial charge in [0.1, 0.15) is 11.3 Å². The lowest BCUT2D eigenvalue weighted by atomic mass is 10.1. The number of benzene rings is 1. The predicted octanol–water partition coefficient (Wildman–Crippen LogP) is 2.92. The van der Waals surface area contributed by atoms with Gasteiger partial charge in [-0.1, -0.05) is 6.08 Å². The van der Waals surface area contributed by atoms with Gasteiger partial charge in [-0.15, -0.1) is 6.58 Å². The Morgan fingerprint density at radius 1 is 1.35 bits per heavy atom. The molecule has 0 saturated carbocycles. The lowest BCUT2D eigenvalue weighted by Crippen LogP contribution is -2.00. The molecule has 0 N–H and O–H groups in total. The van der Waals surface area contributed by atoms with E-state index in [1.54, 1.807) is 12.1 Å². The predicted molar refractivity (Wildman–Crippen MR) is 67.6 cm³/mol. The average molecular weight is 230 g/mol. The number of rotatable bonds is 4. The first kappa shape index (κ1) is 11.5. The summed E-state index contributed by atoms with van der Waals surface area (Å²) in [5, 5.41) is 0.893. The molecule has 0 aliphatic heterocycles. The molecule has 3 nitrogen and oxygen atoms in total. The summed E-state index contributed by atoms with van der Waals surface area (Å²) >= 11 is 0. The molecule has 0 atom stereocenters. The Hall–Kier alpha value is -2.03. The van der Waals surface area contributed by atoms with Gasteiger partial charge in [-0.3, -0.25) is 0 Å². The third-order valence-corrected chi connectivity index (χ3v) is 2.50. The number of ether oxygens (including phenoxy) is 1. The first-order valence-electron chi connectivity index (χ1n) is 5.55. The summed E-state index contributed by atoms with van der Waals surface area (Å²) in [7, 11) is 0. The molecule has 0 fully saturated rings. The van der Waals surface area contributed by atoms with Crippen molar-refractivity contribution in [3.05, 3.63) is 52.9 Å². The summed E-state index contributed by atoms with van der Waals surface area (Å²) in [5.41, 5.74) is 1.11. The van der Waals surface area contributed by atoms with Gasteiger partial charge >= 0.3 is 5.63 Å². The van der Waals surface area contributed by atoms with E-state index in [1.165, 1.54) is 6.07 Å². The fraction of sp³-hybridized carbons (Fsp3) is 0.214. The van der Waals surface area contributed by atoms with E-state index in [-0.39, 0.29) is 5.63 Å². The molecule has 0 bridgehead atoms. The molecule has 0 aliphatic carbocycles. The van der Waals surface area contributed by atoms with Crippen LogP contribution in [0.5, 0.6) is 5.75 Å². The van der Waals surface area contributed by atoms with Gasteiger partial charge in [0.15, 0.2) is 0 Å². The Kier molecular flexibility index (Phi) is 3.28. The normalized spacial score (nSPS) is 10.4. The van der Waals surface area contributed by atoms with E-state index in [0.717, 1.165) is 16.7 Å². The summed E-state index contributed by atoms with van der Waals surface area (Å²) in [4.78, 5) is 11.3. The van der Waals surface area contributed by atoms with E-state index in [9.17, 15) is 4.79 Å². The minimum atomic E-state index is -0.350. The van der Waals surface area contributed by atoms with Crippen molar-refractivity contribution in [2.75, 3.05) is 6.61 Å². The van der Waals surface area contributed by atoms with Crippen LogP contribution in [-0.4, -0.2) is 6.61 Å². The second-order valence-electron chi connectivity index (χ2n) is 3.64. The molecule has 88 valence electrons. The van der Waals surface area contributed by atoms with Crippen LogP contribution in [0.1, 0.15) is 12.5 Å². The number of hydrogen-bond donors (Lipinski definition) is 0. The molecule has 0 aliphatic rings. The average Bonchev–Trinajstić information content (AvgIpc) is 2.33. The molecule has 0 amide bonds. The highest BCUT2D eigenvalue weighted by atomic mass is 16.5. The van der Waals surface area contributed by atoms with Crippen molar-refractivity contribution >= 4 is 11.0 Å². The van der Waals surface area contributed by atoms with E-state index in [4.69, 9.17) is 9.15 Å². The molecular weight excluding hydrogens is 216 g/mol. The fourth-order valence-corrected chi connectivity index (χ4v) is 1.80. The summed E-state index contributed by atoms with van der Waals surface area (Å²) in [6.07, 6.45) is 2.38. The molecule has 0 spiro atoms. The van der Waals surface area contributed by atoms with Gasteiger partial charge in [0.25, 0.3) is 0 Å². The topological polar surface area (TPSA) is 39.4 Å². The van der Waals surface area contributed by atoms with Crippen molar-refractivity contribution in [3.8, 4) is 5.75 Å². The minimum Gasteiger partial charge on any atom is -0.493 e. The van der Waals surface area contributed by atoms with Gasteiger partial charge in [0.05, 0.1) is 6.61 Å². The summed E-state index contributed by atoms with van der Waals surface area (Å²) in [6, 6.07) is 6.95. The Bertz CT molecular complexity index is 596. The van der Waals surface area contributed by atoms with Gasteiger partial charge < -0.3 is 9.15 Å². The van der Waals surface area contributed by atoms with Gasteiger partial charge in [-0.05, 0) is 31.5 Å². The Labute approximate surface area is 99.3 Å². The van der Waals surface area contributed by atoms with E-state index in [0.29, 0.717) is 18.6 Å². The first-order chi connectivity index (χ1) is 8.26. The SMILES string of the molecule is C=CCc1c(OCC)ccc2ccc(=O)oc12. The van der Waals surface area contributed by atoms with Crippen LogP contribution in [0, 0.1) is 0 Å². The van der Waals surface area contributed by atoms with Crippen molar-refractivity contribution in [3.63, 3.8) is 0 Å². The summed E-state index contributed by atoms with van der Waals surface area (Å²) < 4.78 is 10.8. The Morgan fingerprint density at radius 3 is 2.82 bits per heavy atom. The number of fused-ring (bicyclic) bond motifs is 1. The van der Waals surface area contributed by atoms with E-state index < -0.39 is 0 Å². The van der Waals surface area contributed by atoms with Gasteiger partial charge in [0, 0.05) is 17.0 Å². The molecule has 1 aromatic heterocycles. The van der Waals surface area contributed by atoms with Crippen LogP contribution in [-0.2, 0) is 6.42 Å². The largest absolute Gasteiger partial charge is 0.493 e. The monoisotopic (exact) mass is 230 g/mol. The molecule has 0 unspecified atom stereocenters. The van der Waals surface area contributed by atoms with Crippen LogP contribution < -0.4 is 10.4 Å². The third kappa shape index (κ3) is 2.23. The highest BCUT2D eigenvalue weighted by Crippen LogP contribution is 2.27. The Balaban J connectivity index is 2.71. The standard InChI is InChI=1S/C14H14O3/c1-3-5-11-12(16-4-2)8-6-10-7-9-13(15)17-14(10)11/h3,6-9H,1,4-5H2,2H3. The summed E-state index contributed by atoms with van der Waals surface area (Å²) in [5.74, 6) is 0.745. The highest BCUT2D eigenvalue weighted by Gasteiger charge is 2.10. The van der Waals surface area contributed by atoms with Gasteiger partial charge in [-0.25, -0.2) is 4.79 Å². The molecular formula is C14H14O3. The molecule has 3 heteroatoms. The fourth-order valence-electron chi connectivity index (χ4n) is 1.80. The van der Waals surface area contributed by atoms with Crippen LogP contribution >= 0.6 is 0 Å². The zero-order valence-electron chi connectivity index (χ0n) is 9.73. The van der Waals surface area contributed by atoms with Crippen molar-refractivity contribution < 1.29 is 9.15 Å². The number of allylic oxidation sites excluding steroid dienone is 1.